The van der Waals surface area contributed by atoms with Crippen molar-refractivity contribution in [3.05, 3.63) is 23.8 Å². The Balaban J connectivity index is 2.85. The molecule has 1 N–H and O–H groups in total. The maximum atomic E-state index is 12.1. The van der Waals surface area contributed by atoms with Crippen molar-refractivity contribution in [3.63, 3.8) is 0 Å². The number of nitrogens with one attached hydrogen (secondary N) is 1. The Kier molecular flexibility index (Phi) is 4.73. The number of benzene rings is 1. The van der Waals surface area contributed by atoms with Crippen molar-refractivity contribution in [1.29, 1.82) is 0 Å². The molecule has 100 valence electrons. The minimum atomic E-state index is -0.798. The van der Waals surface area contributed by atoms with Crippen LogP contribution in [0.2, 0.25) is 0 Å². The lowest BCUT2D eigenvalue weighted by Gasteiger charge is -2.25. The highest BCUT2D eigenvalue weighted by Gasteiger charge is 2.30. The molecule has 1 aromatic carbocycles. The number of carbonyl (C=O) groups excluding carboxylic acids is 1. The van der Waals surface area contributed by atoms with Gasteiger partial charge in [0.05, 0.1) is 7.11 Å². The van der Waals surface area contributed by atoms with Gasteiger partial charge in [0.25, 0.3) is 5.91 Å². The second-order valence-corrected chi connectivity index (χ2v) is 4.43. The van der Waals surface area contributed by atoms with E-state index in [0.29, 0.717) is 6.42 Å². The maximum Gasteiger partial charge on any atom is 0.256 e. The van der Waals surface area contributed by atoms with Crippen LogP contribution < -0.4 is 10.1 Å². The van der Waals surface area contributed by atoms with E-state index in [1.807, 2.05) is 32.0 Å². The molecule has 0 saturated heterocycles. The van der Waals surface area contributed by atoms with Crippen LogP contribution in [0.1, 0.15) is 25.8 Å². The predicted octanol–water partition coefficient (Wildman–Crippen LogP) is 2.76. The Morgan fingerprint density at radius 2 is 2.06 bits per heavy atom. The Hall–Kier alpha value is -1.55. The van der Waals surface area contributed by atoms with Crippen LogP contribution in [0.3, 0.4) is 0 Å². The normalized spacial score (nSPS) is 13.8. The van der Waals surface area contributed by atoms with Gasteiger partial charge in [0.15, 0.2) is 0 Å². The molecule has 1 unspecified atom stereocenters. The van der Waals surface area contributed by atoms with Gasteiger partial charge in [-0.25, -0.2) is 0 Å². The summed E-state index contributed by atoms with van der Waals surface area (Å²) < 4.78 is 10.4. The number of anilines is 1. The van der Waals surface area contributed by atoms with E-state index < -0.39 is 5.60 Å². The van der Waals surface area contributed by atoms with Crippen LogP contribution >= 0.6 is 0 Å². The molecular weight excluding hydrogens is 230 g/mol. The van der Waals surface area contributed by atoms with E-state index in [4.69, 9.17) is 9.47 Å². The third-order valence-electron chi connectivity index (χ3n) is 3.26. The second kappa shape index (κ2) is 5.87. The Bertz CT molecular complexity index is 425. The van der Waals surface area contributed by atoms with Gasteiger partial charge in [0, 0.05) is 12.8 Å². The molecule has 0 aliphatic carbocycles. The Morgan fingerprint density at radius 1 is 1.39 bits per heavy atom. The quantitative estimate of drug-likeness (QED) is 0.875. The summed E-state index contributed by atoms with van der Waals surface area (Å²) in [6, 6.07) is 5.53. The van der Waals surface area contributed by atoms with E-state index in [9.17, 15) is 4.79 Å². The van der Waals surface area contributed by atoms with Crippen LogP contribution in [0, 0.1) is 6.92 Å². The monoisotopic (exact) mass is 251 g/mol. The van der Waals surface area contributed by atoms with Gasteiger partial charge >= 0.3 is 0 Å². The van der Waals surface area contributed by atoms with Crippen molar-refractivity contribution >= 4 is 11.6 Å². The highest BCUT2D eigenvalue weighted by Crippen LogP contribution is 2.23. The summed E-state index contributed by atoms with van der Waals surface area (Å²) in [5.74, 6) is 0.662. The lowest BCUT2D eigenvalue weighted by molar-refractivity contribution is -0.136. The van der Waals surface area contributed by atoms with Crippen molar-refractivity contribution in [2.45, 2.75) is 32.8 Å². The standard InChI is InChI=1S/C14H21NO3/c1-6-14(3,18-5)13(16)15-11-7-8-12(17-4)10(2)9-11/h7-9H,6H2,1-5H3,(H,15,16). The van der Waals surface area contributed by atoms with Crippen molar-refractivity contribution in [1.82, 2.24) is 0 Å². The van der Waals surface area contributed by atoms with Gasteiger partial charge in [0.1, 0.15) is 11.4 Å². The zero-order valence-corrected chi connectivity index (χ0v) is 11.7. The minimum absolute atomic E-state index is 0.142. The van der Waals surface area contributed by atoms with Gasteiger partial charge in [-0.1, -0.05) is 6.92 Å². The summed E-state index contributed by atoms with van der Waals surface area (Å²) in [4.78, 5) is 12.1. The SMILES string of the molecule is CCC(C)(OC)C(=O)Nc1ccc(OC)c(C)c1. The molecule has 1 amide bonds. The van der Waals surface area contributed by atoms with Crippen molar-refractivity contribution in [2.75, 3.05) is 19.5 Å². The first kappa shape index (κ1) is 14.5. The molecule has 0 spiro atoms. The zero-order valence-electron chi connectivity index (χ0n) is 11.7. The van der Waals surface area contributed by atoms with Crippen LogP contribution in [0.15, 0.2) is 18.2 Å². The molecule has 1 atom stereocenters. The summed E-state index contributed by atoms with van der Waals surface area (Å²) in [5, 5.41) is 2.86. The van der Waals surface area contributed by atoms with Gasteiger partial charge in [0.2, 0.25) is 0 Å². The first-order valence-corrected chi connectivity index (χ1v) is 5.98. The van der Waals surface area contributed by atoms with Crippen LogP contribution in [0.25, 0.3) is 0 Å². The van der Waals surface area contributed by atoms with Gasteiger partial charge in [-0.2, -0.15) is 0 Å². The largest absolute Gasteiger partial charge is 0.496 e. The van der Waals surface area contributed by atoms with Gasteiger partial charge < -0.3 is 14.8 Å². The molecule has 18 heavy (non-hydrogen) atoms. The lowest BCUT2D eigenvalue weighted by Crippen LogP contribution is -2.41. The summed E-state index contributed by atoms with van der Waals surface area (Å²) in [6.07, 6.45) is 0.616. The number of hydrogen-bond acceptors (Lipinski definition) is 3. The average molecular weight is 251 g/mol. The zero-order chi connectivity index (χ0) is 13.8. The molecule has 0 bridgehead atoms. The molecule has 0 aliphatic rings. The van der Waals surface area contributed by atoms with Crippen LogP contribution in [0.4, 0.5) is 5.69 Å². The topological polar surface area (TPSA) is 47.6 Å². The van der Waals surface area contributed by atoms with E-state index in [2.05, 4.69) is 5.32 Å². The van der Waals surface area contributed by atoms with Crippen molar-refractivity contribution in [2.24, 2.45) is 0 Å². The Labute approximate surface area is 108 Å². The molecule has 1 aromatic rings. The van der Waals surface area contributed by atoms with Crippen molar-refractivity contribution in [3.8, 4) is 5.75 Å². The minimum Gasteiger partial charge on any atom is -0.496 e. The molecule has 0 radical (unpaired) electrons. The van der Waals surface area contributed by atoms with Crippen LogP contribution in [-0.2, 0) is 9.53 Å². The fraction of sp³-hybridized carbons (Fsp3) is 0.500. The maximum absolute atomic E-state index is 12.1. The number of carbonyl (C=O) groups is 1. The molecule has 0 aromatic heterocycles. The number of aryl methyl sites for hydroxylation is 1. The van der Waals surface area contributed by atoms with E-state index in [-0.39, 0.29) is 5.91 Å². The smallest absolute Gasteiger partial charge is 0.256 e. The van der Waals surface area contributed by atoms with E-state index >= 15 is 0 Å². The number of methoxy groups -OCH3 is 2. The number of hydrogen-bond donors (Lipinski definition) is 1. The summed E-state index contributed by atoms with van der Waals surface area (Å²) >= 11 is 0. The fourth-order valence-corrected chi connectivity index (χ4v) is 1.62. The van der Waals surface area contributed by atoms with Gasteiger partial charge in [-0.05, 0) is 44.0 Å². The second-order valence-electron chi connectivity index (χ2n) is 4.43. The third kappa shape index (κ3) is 3.01. The summed E-state index contributed by atoms with van der Waals surface area (Å²) in [6.45, 7) is 5.63. The first-order valence-electron chi connectivity index (χ1n) is 5.98. The number of rotatable bonds is 5. The van der Waals surface area contributed by atoms with E-state index in [1.54, 1.807) is 21.1 Å². The molecule has 1 rings (SSSR count). The average Bonchev–Trinajstić information content (AvgIpc) is 2.38. The van der Waals surface area contributed by atoms with E-state index in [1.165, 1.54) is 0 Å². The molecule has 0 saturated carbocycles. The molecule has 0 fully saturated rings. The summed E-state index contributed by atoms with van der Waals surface area (Å²) in [5.41, 5.74) is 0.925. The number of ether oxygens (including phenoxy) is 2. The molecule has 0 heterocycles. The van der Waals surface area contributed by atoms with Crippen molar-refractivity contribution < 1.29 is 14.3 Å². The third-order valence-corrected chi connectivity index (χ3v) is 3.26. The lowest BCUT2D eigenvalue weighted by atomic mass is 10.0. The highest BCUT2D eigenvalue weighted by atomic mass is 16.5. The van der Waals surface area contributed by atoms with E-state index in [0.717, 1.165) is 17.0 Å². The predicted molar refractivity (Wildman–Crippen MR) is 72.1 cm³/mol. The molecule has 0 aliphatic heterocycles. The van der Waals surface area contributed by atoms with Crippen LogP contribution in [0.5, 0.6) is 5.75 Å². The number of amides is 1. The first-order chi connectivity index (χ1) is 8.46. The molecule has 4 nitrogen and oxygen atoms in total. The molecule has 4 heteroatoms. The molecular formula is C14H21NO3. The Morgan fingerprint density at radius 3 is 2.50 bits per heavy atom. The van der Waals surface area contributed by atoms with Gasteiger partial charge in [-0.15, -0.1) is 0 Å². The fourth-order valence-electron chi connectivity index (χ4n) is 1.62. The highest BCUT2D eigenvalue weighted by molar-refractivity contribution is 5.97. The summed E-state index contributed by atoms with van der Waals surface area (Å²) in [7, 11) is 3.17. The van der Waals surface area contributed by atoms with Crippen LogP contribution in [-0.4, -0.2) is 25.7 Å². The van der Waals surface area contributed by atoms with Gasteiger partial charge in [-0.3, -0.25) is 4.79 Å².